The minimum Gasteiger partial charge on any atom is -0.336 e. The number of benzene rings is 1. The second-order valence-corrected chi connectivity index (χ2v) is 5.90. The van der Waals surface area contributed by atoms with Crippen molar-refractivity contribution in [2.75, 3.05) is 11.2 Å². The Hall–Kier alpha value is -1.73. The molecular weight excluding hydrogens is 298 g/mol. The summed E-state index contributed by atoms with van der Waals surface area (Å²) in [6, 6.07) is 6.92. The molecule has 2 aromatic rings. The highest BCUT2D eigenvalue weighted by Crippen LogP contribution is 2.22. The van der Waals surface area contributed by atoms with Crippen LogP contribution < -0.4 is 11.2 Å². The molecule has 2 rings (SSSR count). The van der Waals surface area contributed by atoms with Gasteiger partial charge in [-0.1, -0.05) is 23.4 Å². The number of thioether (sulfide) groups is 1. The van der Waals surface area contributed by atoms with E-state index in [1.165, 1.54) is 16.4 Å². The first-order valence-corrected chi connectivity index (χ1v) is 7.13. The largest absolute Gasteiger partial charge is 0.336 e. The van der Waals surface area contributed by atoms with Crippen LogP contribution in [0.3, 0.4) is 0 Å². The van der Waals surface area contributed by atoms with Gasteiger partial charge in [0.1, 0.15) is 5.82 Å². The first-order valence-electron chi connectivity index (χ1n) is 5.87. The third kappa shape index (κ3) is 3.43. The number of anilines is 1. The van der Waals surface area contributed by atoms with E-state index in [-0.39, 0.29) is 11.2 Å². The maximum Gasteiger partial charge on any atom is 0.237 e. The first kappa shape index (κ1) is 14.7. The summed E-state index contributed by atoms with van der Waals surface area (Å²) in [5, 5.41) is 11.3. The number of nitrogens with zero attached hydrogens (tertiary/aromatic N) is 3. The zero-order chi connectivity index (χ0) is 14.7. The molecule has 1 amide bonds. The molecule has 0 bridgehead atoms. The van der Waals surface area contributed by atoms with E-state index in [0.717, 1.165) is 0 Å². The van der Waals surface area contributed by atoms with Crippen molar-refractivity contribution in [1.82, 2.24) is 14.9 Å². The lowest BCUT2D eigenvalue weighted by molar-refractivity contribution is -0.115. The lowest BCUT2D eigenvalue weighted by Gasteiger charge is -2.11. The predicted octanol–water partition coefficient (Wildman–Crippen LogP) is 2.07. The van der Waals surface area contributed by atoms with Crippen LogP contribution in [0.5, 0.6) is 0 Å². The Bertz CT molecular complexity index is 613. The van der Waals surface area contributed by atoms with Gasteiger partial charge < -0.3 is 11.2 Å². The topological polar surface area (TPSA) is 85.8 Å². The Balaban J connectivity index is 1.98. The van der Waals surface area contributed by atoms with Crippen LogP contribution in [0, 0.1) is 6.92 Å². The van der Waals surface area contributed by atoms with Crippen LogP contribution in [0.1, 0.15) is 12.7 Å². The van der Waals surface area contributed by atoms with Crippen molar-refractivity contribution in [2.45, 2.75) is 24.3 Å². The molecule has 0 aliphatic heterocycles. The molecule has 1 aromatic carbocycles. The lowest BCUT2D eigenvalue weighted by Crippen LogP contribution is -2.23. The van der Waals surface area contributed by atoms with Gasteiger partial charge in [0.25, 0.3) is 0 Å². The number of aromatic nitrogens is 3. The van der Waals surface area contributed by atoms with E-state index >= 15 is 0 Å². The van der Waals surface area contributed by atoms with Crippen molar-refractivity contribution in [1.29, 1.82) is 0 Å². The van der Waals surface area contributed by atoms with E-state index in [1.54, 1.807) is 38.1 Å². The summed E-state index contributed by atoms with van der Waals surface area (Å²) in [6.07, 6.45) is 0. The monoisotopic (exact) mass is 311 g/mol. The van der Waals surface area contributed by atoms with Gasteiger partial charge in [0.15, 0.2) is 0 Å². The third-order valence-electron chi connectivity index (χ3n) is 2.60. The molecule has 0 aliphatic rings. The Morgan fingerprint density at radius 1 is 1.40 bits per heavy atom. The minimum absolute atomic E-state index is 0.141. The molecule has 1 aromatic heterocycles. The zero-order valence-electron chi connectivity index (χ0n) is 11.0. The second-order valence-electron chi connectivity index (χ2n) is 4.16. The molecule has 8 heteroatoms. The van der Waals surface area contributed by atoms with Gasteiger partial charge in [0, 0.05) is 10.7 Å². The van der Waals surface area contributed by atoms with E-state index in [4.69, 9.17) is 17.4 Å². The van der Waals surface area contributed by atoms with Gasteiger partial charge in [-0.3, -0.25) is 4.79 Å². The van der Waals surface area contributed by atoms with E-state index < -0.39 is 0 Å². The number of carbonyl (C=O) groups excluding carboxylic acids is 1. The van der Waals surface area contributed by atoms with Gasteiger partial charge in [0.2, 0.25) is 11.1 Å². The fourth-order valence-electron chi connectivity index (χ4n) is 1.42. The number of nitrogen functional groups attached to an aromatic ring is 1. The molecule has 20 heavy (non-hydrogen) atoms. The molecule has 6 nitrogen and oxygen atoms in total. The highest BCUT2D eigenvalue weighted by atomic mass is 35.5. The van der Waals surface area contributed by atoms with Crippen molar-refractivity contribution < 1.29 is 4.79 Å². The lowest BCUT2D eigenvalue weighted by atomic mass is 10.3. The number of hydrogen-bond acceptors (Lipinski definition) is 5. The molecule has 1 heterocycles. The van der Waals surface area contributed by atoms with Crippen LogP contribution in [0.15, 0.2) is 29.4 Å². The Morgan fingerprint density at radius 2 is 2.05 bits per heavy atom. The highest BCUT2D eigenvalue weighted by Gasteiger charge is 2.18. The van der Waals surface area contributed by atoms with Gasteiger partial charge in [-0.25, -0.2) is 4.68 Å². The summed E-state index contributed by atoms with van der Waals surface area (Å²) in [4.78, 5) is 12.1. The summed E-state index contributed by atoms with van der Waals surface area (Å²) >= 11 is 7.04. The summed E-state index contributed by atoms with van der Waals surface area (Å²) in [5.74, 6) is 6.20. The molecule has 0 spiro atoms. The molecule has 0 fully saturated rings. The molecule has 1 atom stereocenters. The van der Waals surface area contributed by atoms with Crippen molar-refractivity contribution in [3.63, 3.8) is 0 Å². The van der Waals surface area contributed by atoms with Crippen molar-refractivity contribution in [3.05, 3.63) is 35.1 Å². The number of nitrogens with two attached hydrogens (primary N) is 1. The summed E-state index contributed by atoms with van der Waals surface area (Å²) in [5.41, 5.74) is 0.692. The SMILES string of the molecule is Cc1nnc(SC(C)C(=O)Nc2ccc(Cl)cc2)n1N. The maximum atomic E-state index is 12.1. The van der Waals surface area contributed by atoms with Crippen LogP contribution in [0.4, 0.5) is 5.69 Å². The first-order chi connectivity index (χ1) is 9.47. The quantitative estimate of drug-likeness (QED) is 0.667. The smallest absolute Gasteiger partial charge is 0.237 e. The number of amides is 1. The molecule has 0 saturated carbocycles. The Labute approximate surface area is 125 Å². The normalized spacial score (nSPS) is 12.2. The van der Waals surface area contributed by atoms with Crippen molar-refractivity contribution >= 4 is 35.0 Å². The van der Waals surface area contributed by atoms with Crippen LogP contribution >= 0.6 is 23.4 Å². The molecule has 0 aliphatic carbocycles. The standard InChI is InChI=1S/C12H14ClN5OS/c1-7(20-12-17-16-8(2)18(12)14)11(19)15-10-5-3-9(13)4-6-10/h3-7H,14H2,1-2H3,(H,15,19). The summed E-state index contributed by atoms with van der Waals surface area (Å²) < 4.78 is 1.36. The maximum absolute atomic E-state index is 12.1. The number of halogens is 1. The highest BCUT2D eigenvalue weighted by molar-refractivity contribution is 8.00. The average Bonchev–Trinajstić information content (AvgIpc) is 2.73. The fraction of sp³-hybridized carbons (Fsp3) is 0.250. The molecule has 0 radical (unpaired) electrons. The molecule has 3 N–H and O–H groups in total. The molecule has 0 saturated heterocycles. The number of hydrogen-bond donors (Lipinski definition) is 2. The Morgan fingerprint density at radius 3 is 2.60 bits per heavy atom. The average molecular weight is 312 g/mol. The summed E-state index contributed by atoms with van der Waals surface area (Å²) in [6.45, 7) is 3.52. The number of aryl methyl sites for hydroxylation is 1. The zero-order valence-corrected chi connectivity index (χ0v) is 12.6. The second kappa shape index (κ2) is 6.15. The van der Waals surface area contributed by atoms with Crippen LogP contribution in [-0.4, -0.2) is 26.0 Å². The summed E-state index contributed by atoms with van der Waals surface area (Å²) in [7, 11) is 0. The molecule has 106 valence electrons. The Kier molecular flexibility index (Phi) is 4.51. The van der Waals surface area contributed by atoms with Crippen molar-refractivity contribution in [3.8, 4) is 0 Å². The van der Waals surface area contributed by atoms with Gasteiger partial charge in [0.05, 0.1) is 5.25 Å². The van der Waals surface area contributed by atoms with Gasteiger partial charge in [-0.05, 0) is 38.1 Å². The molecule has 1 unspecified atom stereocenters. The number of nitrogens with one attached hydrogen (secondary N) is 1. The van der Waals surface area contributed by atoms with Gasteiger partial charge in [-0.2, -0.15) is 0 Å². The predicted molar refractivity (Wildman–Crippen MR) is 80.3 cm³/mol. The van der Waals surface area contributed by atoms with Crippen LogP contribution in [0.25, 0.3) is 0 Å². The fourth-order valence-corrected chi connectivity index (χ4v) is 2.36. The van der Waals surface area contributed by atoms with E-state index in [1.807, 2.05) is 0 Å². The number of carbonyl (C=O) groups is 1. The molecular formula is C12H14ClN5OS. The van der Waals surface area contributed by atoms with Crippen LogP contribution in [0.2, 0.25) is 5.02 Å². The van der Waals surface area contributed by atoms with Gasteiger partial charge in [-0.15, -0.1) is 10.2 Å². The minimum atomic E-state index is -0.350. The van der Waals surface area contributed by atoms with E-state index in [9.17, 15) is 4.79 Å². The van der Waals surface area contributed by atoms with Gasteiger partial charge >= 0.3 is 0 Å². The number of rotatable bonds is 4. The van der Waals surface area contributed by atoms with E-state index in [0.29, 0.717) is 21.7 Å². The van der Waals surface area contributed by atoms with Crippen LogP contribution in [-0.2, 0) is 4.79 Å². The van der Waals surface area contributed by atoms with Crippen molar-refractivity contribution in [2.24, 2.45) is 0 Å². The third-order valence-corrected chi connectivity index (χ3v) is 3.91. The van der Waals surface area contributed by atoms with E-state index in [2.05, 4.69) is 15.5 Å².